The second kappa shape index (κ2) is 15.0. The first kappa shape index (κ1) is 35.8. The highest BCUT2D eigenvalue weighted by Gasteiger charge is 2.74. The second-order valence-electron chi connectivity index (χ2n) is 14.7. The zero-order chi connectivity index (χ0) is 31.6. The average Bonchev–Trinajstić information content (AvgIpc) is 3.87. The number of ether oxygens (including phenoxy) is 4. The van der Waals surface area contributed by atoms with Gasteiger partial charge in [-0.25, -0.2) is 0 Å². The molecule has 8 nitrogen and oxygen atoms in total. The van der Waals surface area contributed by atoms with E-state index in [0.717, 1.165) is 51.4 Å². The van der Waals surface area contributed by atoms with E-state index in [1.54, 1.807) is 0 Å². The molecule has 1 aliphatic heterocycles. The molecule has 44 heavy (non-hydrogen) atoms. The van der Waals surface area contributed by atoms with E-state index in [4.69, 9.17) is 35.4 Å². The fourth-order valence-corrected chi connectivity index (χ4v) is 39.3. The molecular weight excluding hydrogens is 625 g/mol. The molecule has 12 heteroatoms. The Hall–Kier alpha value is 0.548. The van der Waals surface area contributed by atoms with Gasteiger partial charge in [-0.05, 0) is 79.1 Å². The van der Waals surface area contributed by atoms with E-state index in [1.165, 1.54) is 51.4 Å². The molecule has 4 unspecified atom stereocenters. The van der Waals surface area contributed by atoms with Crippen molar-refractivity contribution in [1.82, 2.24) is 0 Å². The van der Waals surface area contributed by atoms with Crippen LogP contribution in [0.15, 0.2) is 0 Å². The molecule has 0 amide bonds. The quantitative estimate of drug-likeness (QED) is 0.192. The van der Waals surface area contributed by atoms with Gasteiger partial charge in [0.1, 0.15) is 0 Å². The van der Waals surface area contributed by atoms with Gasteiger partial charge in [0.05, 0.1) is 22.9 Å². The summed E-state index contributed by atoms with van der Waals surface area (Å²) in [6.45, 7) is 8.90. The van der Waals surface area contributed by atoms with Crippen LogP contribution in [-0.2, 0) is 35.4 Å². The Morgan fingerprint density at radius 3 is 0.659 bits per heavy atom. The molecule has 5 rings (SSSR count). The van der Waals surface area contributed by atoms with Crippen LogP contribution < -0.4 is 0 Å². The molecule has 4 saturated carbocycles. The molecule has 0 radical (unpaired) electrons. The Kier molecular flexibility index (Phi) is 12.2. The second-order valence-corrected chi connectivity index (χ2v) is 30.3. The highest BCUT2D eigenvalue weighted by molar-refractivity contribution is 6.97. The maximum Gasteiger partial charge on any atom is 0.353 e. The minimum Gasteiger partial charge on any atom is -0.412 e. The monoisotopic (exact) mass is 688 g/mol. The van der Waals surface area contributed by atoms with Crippen LogP contribution in [0.25, 0.3) is 0 Å². The lowest BCUT2D eigenvalue weighted by molar-refractivity contribution is 0.0473. The van der Waals surface area contributed by atoms with Crippen LogP contribution in [0.4, 0.5) is 0 Å². The first-order valence-corrected chi connectivity index (χ1v) is 26.0. The molecule has 0 bridgehead atoms. The Labute approximate surface area is 272 Å². The standard InChI is InChI=1S/C32H64O8Si4/c1-25(33-5)41(29-17-9-10-18-29)37-42(26(2)34-6,30-19-11-12-20-30)39-44(28(4)36-8,32-23-15-16-24-32)40-43(38-41,27(3)35-7)31-21-13-14-22-31/h25-32H,9-24H2,1-8H3. The summed E-state index contributed by atoms with van der Waals surface area (Å²) in [7, 11) is -5.29. The van der Waals surface area contributed by atoms with Crippen molar-refractivity contribution in [2.45, 2.75) is 176 Å². The number of hydrogen-bond acceptors (Lipinski definition) is 8. The van der Waals surface area contributed by atoms with E-state index in [2.05, 4.69) is 27.7 Å². The summed E-state index contributed by atoms with van der Waals surface area (Å²) in [6.07, 6.45) is 18.6. The van der Waals surface area contributed by atoms with E-state index in [9.17, 15) is 0 Å². The van der Waals surface area contributed by atoms with Crippen molar-refractivity contribution in [3.8, 4) is 0 Å². The fourth-order valence-electron chi connectivity index (χ4n) is 9.71. The maximum absolute atomic E-state index is 8.22. The first-order chi connectivity index (χ1) is 21.2. The van der Waals surface area contributed by atoms with Crippen LogP contribution in [0, 0.1) is 0 Å². The predicted octanol–water partition coefficient (Wildman–Crippen LogP) is 7.91. The van der Waals surface area contributed by atoms with Crippen molar-refractivity contribution in [2.75, 3.05) is 28.4 Å². The molecule has 4 aliphatic carbocycles. The van der Waals surface area contributed by atoms with E-state index in [1.807, 2.05) is 28.4 Å². The topological polar surface area (TPSA) is 73.8 Å². The van der Waals surface area contributed by atoms with Crippen molar-refractivity contribution >= 4 is 34.2 Å². The van der Waals surface area contributed by atoms with Crippen molar-refractivity contribution in [3.63, 3.8) is 0 Å². The highest BCUT2D eigenvalue weighted by atomic mass is 28.5. The maximum atomic E-state index is 8.22. The number of methoxy groups -OCH3 is 4. The molecule has 256 valence electrons. The van der Waals surface area contributed by atoms with Gasteiger partial charge in [0, 0.05) is 50.6 Å². The van der Waals surface area contributed by atoms with Crippen LogP contribution in [0.5, 0.6) is 0 Å². The molecule has 4 atom stereocenters. The third-order valence-electron chi connectivity index (χ3n) is 12.7. The van der Waals surface area contributed by atoms with Gasteiger partial charge in [0.2, 0.25) is 0 Å². The molecule has 1 saturated heterocycles. The normalized spacial score (nSPS) is 39.8. The molecule has 1 heterocycles. The van der Waals surface area contributed by atoms with Crippen molar-refractivity contribution in [2.24, 2.45) is 0 Å². The summed E-state index contributed by atoms with van der Waals surface area (Å²) in [6, 6.07) is 0. The molecule has 0 aromatic heterocycles. The Balaban J connectivity index is 1.82. The molecule has 0 aromatic rings. The molecule has 0 aromatic carbocycles. The summed E-state index contributed by atoms with van der Waals surface area (Å²) in [5.74, 6) is 0. The summed E-state index contributed by atoms with van der Waals surface area (Å²) in [4.78, 5) is 0. The molecular formula is C32H64O8Si4. The molecule has 5 aliphatic rings. The van der Waals surface area contributed by atoms with Crippen molar-refractivity contribution < 1.29 is 35.4 Å². The lowest BCUT2D eigenvalue weighted by Crippen LogP contribution is -2.81. The number of hydrogen-bond donors (Lipinski definition) is 0. The van der Waals surface area contributed by atoms with Crippen LogP contribution in [0.3, 0.4) is 0 Å². The van der Waals surface area contributed by atoms with Gasteiger partial charge in [-0.15, -0.1) is 0 Å². The van der Waals surface area contributed by atoms with E-state index in [0.29, 0.717) is 22.2 Å². The Morgan fingerprint density at radius 2 is 0.523 bits per heavy atom. The minimum atomic E-state index is -3.17. The zero-order valence-electron chi connectivity index (χ0n) is 29.2. The summed E-state index contributed by atoms with van der Waals surface area (Å²) < 4.78 is 58.5. The van der Waals surface area contributed by atoms with Gasteiger partial charge >= 0.3 is 34.2 Å². The molecule has 5 fully saturated rings. The van der Waals surface area contributed by atoms with Gasteiger partial charge in [0.15, 0.2) is 0 Å². The Morgan fingerprint density at radius 1 is 0.364 bits per heavy atom. The van der Waals surface area contributed by atoms with Crippen LogP contribution in [0.2, 0.25) is 22.2 Å². The summed E-state index contributed by atoms with van der Waals surface area (Å²) in [5.41, 5.74) is 0.695. The third-order valence-corrected chi connectivity index (χ3v) is 35.2. The van der Waals surface area contributed by atoms with E-state index in [-0.39, 0.29) is 22.9 Å². The molecule has 0 spiro atoms. The SMILES string of the molecule is COC(C)[Si]1(C2CCCC2)O[Si](C2CCCC2)(C(C)OC)O[Si](C2CCCC2)(C(C)OC)O[Si](C2CCCC2)(C(C)OC)O1. The van der Waals surface area contributed by atoms with E-state index >= 15 is 0 Å². The van der Waals surface area contributed by atoms with Gasteiger partial charge in [-0.3, -0.25) is 0 Å². The van der Waals surface area contributed by atoms with Gasteiger partial charge < -0.3 is 35.4 Å². The van der Waals surface area contributed by atoms with Gasteiger partial charge in [-0.1, -0.05) is 51.4 Å². The predicted molar refractivity (Wildman–Crippen MR) is 182 cm³/mol. The lowest BCUT2D eigenvalue weighted by atomic mass is 10.4. The zero-order valence-corrected chi connectivity index (χ0v) is 33.2. The third kappa shape index (κ3) is 6.23. The van der Waals surface area contributed by atoms with Gasteiger partial charge in [-0.2, -0.15) is 0 Å². The van der Waals surface area contributed by atoms with Crippen molar-refractivity contribution in [3.05, 3.63) is 0 Å². The Bertz CT molecular complexity index is 753. The van der Waals surface area contributed by atoms with Crippen LogP contribution in [0.1, 0.15) is 130 Å². The fraction of sp³-hybridized carbons (Fsp3) is 1.00. The number of rotatable bonds is 12. The van der Waals surface area contributed by atoms with Crippen LogP contribution >= 0.6 is 0 Å². The van der Waals surface area contributed by atoms with Crippen molar-refractivity contribution in [1.29, 1.82) is 0 Å². The van der Waals surface area contributed by atoms with Crippen LogP contribution in [-0.4, -0.2) is 85.6 Å². The molecule has 0 N–H and O–H groups in total. The minimum absolute atomic E-state index is 0.159. The highest BCUT2D eigenvalue weighted by Crippen LogP contribution is 2.58. The summed E-state index contributed by atoms with van der Waals surface area (Å²) >= 11 is 0. The first-order valence-electron chi connectivity index (χ1n) is 18.1. The average molecular weight is 689 g/mol. The summed E-state index contributed by atoms with van der Waals surface area (Å²) in [5, 5.41) is 0. The smallest absolute Gasteiger partial charge is 0.353 e. The largest absolute Gasteiger partial charge is 0.412 e. The van der Waals surface area contributed by atoms with Gasteiger partial charge in [0.25, 0.3) is 0 Å². The van der Waals surface area contributed by atoms with E-state index < -0.39 is 34.2 Å². The lowest BCUT2D eigenvalue weighted by Gasteiger charge is -2.61.